The van der Waals surface area contributed by atoms with Crippen molar-refractivity contribution in [3.05, 3.63) is 42.8 Å². The Kier molecular flexibility index (Phi) is 2.16. The van der Waals surface area contributed by atoms with Crippen LogP contribution in [0.5, 0.6) is 0 Å². The van der Waals surface area contributed by atoms with Crippen molar-refractivity contribution in [2.45, 2.75) is 6.18 Å². The summed E-state index contributed by atoms with van der Waals surface area (Å²) in [5.74, 6) is 0.228. The number of aromatic nitrogens is 3. The number of hydrogen-bond acceptors (Lipinski definition) is 3. The molecule has 0 amide bonds. The average molecular weight is 252 g/mol. The Balaban J connectivity index is 2.32. The summed E-state index contributed by atoms with van der Waals surface area (Å²) in [7, 11) is 0. The molecule has 91 valence electrons. The first-order valence-corrected chi connectivity index (χ1v) is 4.90. The molecule has 0 spiro atoms. The van der Waals surface area contributed by atoms with Crippen LogP contribution in [0.1, 0.15) is 5.56 Å². The Morgan fingerprint density at radius 3 is 2.83 bits per heavy atom. The summed E-state index contributed by atoms with van der Waals surface area (Å²) in [6.45, 7) is 0. The molecule has 3 aromatic rings. The molecule has 4 nitrogen and oxygen atoms in total. The van der Waals surface area contributed by atoms with E-state index in [2.05, 4.69) is 16.2 Å². The van der Waals surface area contributed by atoms with Gasteiger partial charge in [0.1, 0.15) is 5.65 Å². The molecule has 3 rings (SSSR count). The Hall–Kier alpha value is -2.31. The molecule has 0 fully saturated rings. The Morgan fingerprint density at radius 2 is 2.17 bits per heavy atom. The second-order valence-electron chi connectivity index (χ2n) is 3.59. The third-order valence-corrected chi connectivity index (χ3v) is 2.45. The number of fused-ring (bicyclic) bond motifs is 1. The van der Waals surface area contributed by atoms with E-state index in [1.807, 2.05) is 0 Å². The number of nitrogens with zero attached hydrogens (tertiary/aromatic N) is 3. The Morgan fingerprint density at radius 1 is 1.33 bits per heavy atom. The zero-order valence-corrected chi connectivity index (χ0v) is 8.77. The molecular weight excluding hydrogens is 247 g/mol. The van der Waals surface area contributed by atoms with E-state index in [4.69, 9.17) is 4.42 Å². The van der Waals surface area contributed by atoms with Gasteiger partial charge in [0, 0.05) is 6.20 Å². The molecule has 7 heteroatoms. The molecule has 0 saturated heterocycles. The van der Waals surface area contributed by atoms with Gasteiger partial charge in [-0.25, -0.2) is 9.97 Å². The zero-order chi connectivity index (χ0) is 12.8. The predicted molar refractivity (Wildman–Crippen MR) is 54.5 cm³/mol. The fourth-order valence-corrected chi connectivity index (χ4v) is 1.65. The molecule has 3 heterocycles. The van der Waals surface area contributed by atoms with Gasteiger partial charge in [0.15, 0.2) is 12.2 Å². The minimum Gasteiger partial charge on any atom is -0.443 e. The monoisotopic (exact) mass is 252 g/mol. The van der Waals surface area contributed by atoms with Crippen molar-refractivity contribution in [1.82, 2.24) is 14.4 Å². The van der Waals surface area contributed by atoms with Gasteiger partial charge in [0.25, 0.3) is 0 Å². The molecule has 0 aromatic carbocycles. The minimum atomic E-state index is -4.44. The van der Waals surface area contributed by atoms with E-state index >= 15 is 0 Å². The van der Waals surface area contributed by atoms with Gasteiger partial charge in [-0.2, -0.15) is 13.2 Å². The Labute approximate surface area is 98.7 Å². The number of alkyl halides is 3. The number of imidazole rings is 1. The maximum absolute atomic E-state index is 12.7. The summed E-state index contributed by atoms with van der Waals surface area (Å²) in [5, 5.41) is 0. The van der Waals surface area contributed by atoms with Crippen molar-refractivity contribution in [3.8, 4) is 11.3 Å². The molecular formula is C11H5F3N3O. The van der Waals surface area contributed by atoms with E-state index in [1.165, 1.54) is 16.8 Å². The fourth-order valence-electron chi connectivity index (χ4n) is 1.65. The van der Waals surface area contributed by atoms with Gasteiger partial charge < -0.3 is 4.42 Å². The summed E-state index contributed by atoms with van der Waals surface area (Å²) in [6, 6.07) is 0.983. The molecule has 0 bridgehead atoms. The van der Waals surface area contributed by atoms with E-state index in [-0.39, 0.29) is 11.3 Å². The standard InChI is InChI=1S/C11H5F3N3O/c12-11(13,14)7-3-8(9-4-15-6-18-9)10-16-1-2-17(10)5-7/h1,3-6H. The largest absolute Gasteiger partial charge is 0.443 e. The van der Waals surface area contributed by atoms with Crippen molar-refractivity contribution in [1.29, 1.82) is 0 Å². The summed E-state index contributed by atoms with van der Waals surface area (Å²) in [4.78, 5) is 7.64. The molecule has 0 unspecified atom stereocenters. The highest BCUT2D eigenvalue weighted by molar-refractivity contribution is 5.74. The van der Waals surface area contributed by atoms with Crippen molar-refractivity contribution in [2.24, 2.45) is 0 Å². The van der Waals surface area contributed by atoms with Gasteiger partial charge >= 0.3 is 6.18 Å². The normalized spacial score (nSPS) is 12.2. The fraction of sp³-hybridized carbons (Fsp3) is 0.0909. The first-order valence-electron chi connectivity index (χ1n) is 4.90. The first kappa shape index (κ1) is 10.8. The van der Waals surface area contributed by atoms with E-state index in [9.17, 15) is 13.2 Å². The highest BCUT2D eigenvalue weighted by atomic mass is 19.4. The summed E-state index contributed by atoms with van der Waals surface area (Å²) < 4.78 is 44.4. The highest BCUT2D eigenvalue weighted by Gasteiger charge is 2.32. The molecule has 0 aliphatic carbocycles. The van der Waals surface area contributed by atoms with Gasteiger partial charge in [-0.3, -0.25) is 4.40 Å². The van der Waals surface area contributed by atoms with Crippen LogP contribution >= 0.6 is 0 Å². The number of pyridine rings is 1. The van der Waals surface area contributed by atoms with Crippen LogP contribution in [0.2, 0.25) is 0 Å². The van der Waals surface area contributed by atoms with E-state index in [0.29, 0.717) is 5.65 Å². The van der Waals surface area contributed by atoms with Crippen molar-refractivity contribution in [3.63, 3.8) is 0 Å². The van der Waals surface area contributed by atoms with Crippen LogP contribution in [0.4, 0.5) is 13.2 Å². The molecule has 0 saturated carbocycles. The zero-order valence-electron chi connectivity index (χ0n) is 8.77. The lowest BCUT2D eigenvalue weighted by Gasteiger charge is -2.09. The van der Waals surface area contributed by atoms with Crippen LogP contribution in [0.3, 0.4) is 0 Å². The molecule has 18 heavy (non-hydrogen) atoms. The topological polar surface area (TPSA) is 43.3 Å². The van der Waals surface area contributed by atoms with Crippen LogP contribution in [0.25, 0.3) is 17.0 Å². The van der Waals surface area contributed by atoms with Crippen molar-refractivity contribution < 1.29 is 17.6 Å². The van der Waals surface area contributed by atoms with Crippen LogP contribution in [-0.4, -0.2) is 14.4 Å². The van der Waals surface area contributed by atoms with Crippen molar-refractivity contribution in [2.75, 3.05) is 0 Å². The molecule has 0 atom stereocenters. The minimum absolute atomic E-state index is 0.226. The highest BCUT2D eigenvalue weighted by Crippen LogP contribution is 2.33. The molecule has 3 aromatic heterocycles. The van der Waals surface area contributed by atoms with Crippen LogP contribution in [-0.2, 0) is 6.18 Å². The lowest BCUT2D eigenvalue weighted by atomic mass is 10.1. The summed E-state index contributed by atoms with van der Waals surface area (Å²) >= 11 is 0. The van der Waals surface area contributed by atoms with Crippen LogP contribution in [0.15, 0.2) is 35.5 Å². The summed E-state index contributed by atoms with van der Waals surface area (Å²) in [5.41, 5.74) is -0.237. The van der Waals surface area contributed by atoms with Crippen LogP contribution in [0, 0.1) is 6.20 Å². The third-order valence-electron chi connectivity index (χ3n) is 2.45. The lowest BCUT2D eigenvalue weighted by molar-refractivity contribution is -0.137. The maximum Gasteiger partial charge on any atom is 0.417 e. The number of rotatable bonds is 1. The Bertz CT molecular complexity index is 685. The SMILES string of the molecule is FC(F)(F)c1cc(-c2cnco2)c2nc[c]n2c1. The van der Waals surface area contributed by atoms with Crippen LogP contribution < -0.4 is 0 Å². The third kappa shape index (κ3) is 1.64. The average Bonchev–Trinajstić information content (AvgIpc) is 2.97. The van der Waals surface area contributed by atoms with E-state index in [1.54, 1.807) is 0 Å². The summed E-state index contributed by atoms with van der Waals surface area (Å²) in [6.07, 6.45) is 2.86. The first-order chi connectivity index (χ1) is 8.55. The molecule has 0 N–H and O–H groups in total. The quantitative estimate of drug-likeness (QED) is 0.668. The number of hydrogen-bond donors (Lipinski definition) is 0. The van der Waals surface area contributed by atoms with Gasteiger partial charge in [-0.1, -0.05) is 0 Å². The van der Waals surface area contributed by atoms with Gasteiger partial charge in [0.2, 0.25) is 0 Å². The predicted octanol–water partition coefficient (Wildman–Crippen LogP) is 2.81. The molecule has 1 radical (unpaired) electrons. The van der Waals surface area contributed by atoms with E-state index in [0.717, 1.165) is 18.7 Å². The number of oxazole rings is 1. The molecule has 0 aliphatic rings. The smallest absolute Gasteiger partial charge is 0.417 e. The lowest BCUT2D eigenvalue weighted by Crippen LogP contribution is -2.07. The maximum atomic E-state index is 12.7. The van der Waals surface area contributed by atoms with E-state index < -0.39 is 11.7 Å². The molecule has 0 aliphatic heterocycles. The number of halogens is 3. The van der Waals surface area contributed by atoms with Crippen molar-refractivity contribution >= 4 is 5.65 Å². The van der Waals surface area contributed by atoms with Gasteiger partial charge in [-0.15, -0.1) is 0 Å². The second kappa shape index (κ2) is 3.59. The van der Waals surface area contributed by atoms with Gasteiger partial charge in [-0.05, 0) is 6.07 Å². The van der Waals surface area contributed by atoms with Gasteiger partial charge in [0.05, 0.1) is 29.7 Å². The second-order valence-corrected chi connectivity index (χ2v) is 3.59.